The van der Waals surface area contributed by atoms with Crippen LogP contribution in [0.3, 0.4) is 0 Å². The first-order valence-electron chi connectivity index (χ1n) is 12.1. The van der Waals surface area contributed by atoms with E-state index in [0.717, 1.165) is 49.6 Å². The van der Waals surface area contributed by atoms with E-state index in [9.17, 15) is 4.79 Å². The second kappa shape index (κ2) is 10.0. The van der Waals surface area contributed by atoms with Gasteiger partial charge in [-0.2, -0.15) is 5.10 Å². The Bertz CT molecular complexity index is 1140. The van der Waals surface area contributed by atoms with Gasteiger partial charge >= 0.3 is 0 Å². The lowest BCUT2D eigenvalue weighted by atomic mass is 9.89. The van der Waals surface area contributed by atoms with Crippen LogP contribution in [0.5, 0.6) is 0 Å². The summed E-state index contributed by atoms with van der Waals surface area (Å²) in [7, 11) is 1.89. The van der Waals surface area contributed by atoms with Crippen LogP contribution in [0.2, 0.25) is 0 Å². The summed E-state index contributed by atoms with van der Waals surface area (Å²) in [6.07, 6.45) is 9.83. The van der Waals surface area contributed by atoms with Crippen molar-refractivity contribution < 1.29 is 4.74 Å². The zero-order valence-corrected chi connectivity index (χ0v) is 19.4. The molecule has 0 unspecified atom stereocenters. The Morgan fingerprint density at radius 2 is 1.94 bits per heavy atom. The van der Waals surface area contributed by atoms with Gasteiger partial charge in [0.25, 0.3) is 5.56 Å². The maximum Gasteiger partial charge on any atom is 0.294 e. The number of pyridine rings is 1. The van der Waals surface area contributed by atoms with Gasteiger partial charge in [0.15, 0.2) is 11.5 Å². The van der Waals surface area contributed by atoms with Crippen molar-refractivity contribution in [3.63, 3.8) is 0 Å². The van der Waals surface area contributed by atoms with E-state index in [4.69, 9.17) is 9.72 Å². The summed E-state index contributed by atoms with van der Waals surface area (Å²) in [6, 6.07) is 3.92. The number of nitrogens with zero attached hydrogens (tertiary/aromatic N) is 6. The molecule has 1 aliphatic heterocycles. The van der Waals surface area contributed by atoms with Crippen LogP contribution in [0.15, 0.2) is 29.3 Å². The van der Waals surface area contributed by atoms with Crippen LogP contribution in [0, 0.1) is 5.92 Å². The Labute approximate surface area is 193 Å². The molecule has 3 aromatic rings. The highest BCUT2D eigenvalue weighted by atomic mass is 16.5. The Hall–Kier alpha value is -2.78. The molecule has 1 saturated heterocycles. The number of anilines is 1. The minimum absolute atomic E-state index is 0.0779. The number of aryl methyl sites for hydroxylation is 1. The van der Waals surface area contributed by atoms with Gasteiger partial charge in [0.1, 0.15) is 5.52 Å². The maximum absolute atomic E-state index is 13.5. The first-order chi connectivity index (χ1) is 16.2. The summed E-state index contributed by atoms with van der Waals surface area (Å²) in [5, 5.41) is 7.58. The van der Waals surface area contributed by atoms with E-state index in [1.165, 1.54) is 32.1 Å². The normalized spacial score (nSPS) is 18.1. The molecule has 0 aromatic carbocycles. The predicted octanol–water partition coefficient (Wildman–Crippen LogP) is 2.52. The predicted molar refractivity (Wildman–Crippen MR) is 128 cm³/mol. The summed E-state index contributed by atoms with van der Waals surface area (Å²) in [4.78, 5) is 25.4. The molecule has 33 heavy (non-hydrogen) atoms. The number of rotatable bonds is 7. The van der Waals surface area contributed by atoms with Crippen molar-refractivity contribution in [2.75, 3.05) is 44.7 Å². The van der Waals surface area contributed by atoms with Crippen molar-refractivity contribution in [1.82, 2.24) is 29.2 Å². The van der Waals surface area contributed by atoms with Gasteiger partial charge < -0.3 is 10.1 Å². The maximum atomic E-state index is 13.5. The van der Waals surface area contributed by atoms with Crippen LogP contribution in [0.4, 0.5) is 5.82 Å². The summed E-state index contributed by atoms with van der Waals surface area (Å²) in [6.45, 7) is 5.64. The van der Waals surface area contributed by atoms with Gasteiger partial charge in [-0.25, -0.2) is 9.97 Å². The SMILES string of the molecule is Cn1cc(-c2ccc3nc(NCCN4CCOCC4)c(=O)n(CC4CCCCC4)c3n2)cn1. The van der Waals surface area contributed by atoms with Crippen molar-refractivity contribution in [1.29, 1.82) is 0 Å². The standard InChI is InChI=1S/C24H33N7O2/c1-29-17-19(15-26-29)20-7-8-21-23(28-20)31(16-18-5-3-2-4-6-18)24(32)22(27-21)25-9-10-30-11-13-33-14-12-30/h7-8,15,17-18H,2-6,9-14,16H2,1H3,(H,25,27). The first-order valence-corrected chi connectivity index (χ1v) is 12.1. The third-order valence-corrected chi connectivity index (χ3v) is 6.78. The molecule has 5 rings (SSSR count). The average Bonchev–Trinajstić information content (AvgIpc) is 3.29. The van der Waals surface area contributed by atoms with Crippen molar-refractivity contribution in [2.45, 2.75) is 38.6 Å². The number of fused-ring (bicyclic) bond motifs is 1. The molecule has 0 amide bonds. The van der Waals surface area contributed by atoms with E-state index in [1.54, 1.807) is 10.9 Å². The van der Waals surface area contributed by atoms with E-state index in [2.05, 4.69) is 20.3 Å². The third-order valence-electron chi connectivity index (χ3n) is 6.78. The van der Waals surface area contributed by atoms with Crippen molar-refractivity contribution >= 4 is 17.0 Å². The first kappa shape index (κ1) is 22.0. The van der Waals surface area contributed by atoms with E-state index in [0.29, 0.717) is 30.5 Å². The molecular formula is C24H33N7O2. The highest BCUT2D eigenvalue weighted by Gasteiger charge is 2.20. The van der Waals surface area contributed by atoms with Gasteiger partial charge in [-0.05, 0) is 30.9 Å². The molecule has 0 spiro atoms. The largest absolute Gasteiger partial charge is 0.379 e. The molecule has 0 radical (unpaired) electrons. The molecule has 176 valence electrons. The lowest BCUT2D eigenvalue weighted by Crippen LogP contribution is -2.39. The monoisotopic (exact) mass is 451 g/mol. The number of ether oxygens (including phenoxy) is 1. The molecule has 0 bridgehead atoms. The van der Waals surface area contributed by atoms with Gasteiger partial charge in [0.05, 0.1) is 25.1 Å². The molecule has 9 heteroatoms. The van der Waals surface area contributed by atoms with Crippen LogP contribution in [-0.4, -0.2) is 68.6 Å². The highest BCUT2D eigenvalue weighted by molar-refractivity contribution is 5.76. The molecule has 2 fully saturated rings. The number of hydrogen-bond acceptors (Lipinski definition) is 7. The summed E-state index contributed by atoms with van der Waals surface area (Å²) in [5.74, 6) is 0.926. The van der Waals surface area contributed by atoms with Gasteiger partial charge in [0, 0.05) is 51.5 Å². The quantitative estimate of drug-likeness (QED) is 0.590. The second-order valence-electron chi connectivity index (χ2n) is 9.20. The van der Waals surface area contributed by atoms with Crippen LogP contribution in [0.1, 0.15) is 32.1 Å². The zero-order chi connectivity index (χ0) is 22.6. The van der Waals surface area contributed by atoms with Gasteiger partial charge in [0.2, 0.25) is 0 Å². The van der Waals surface area contributed by atoms with E-state index >= 15 is 0 Å². The lowest BCUT2D eigenvalue weighted by molar-refractivity contribution is 0.0398. The van der Waals surface area contributed by atoms with E-state index < -0.39 is 0 Å². The van der Waals surface area contributed by atoms with Crippen LogP contribution < -0.4 is 10.9 Å². The smallest absolute Gasteiger partial charge is 0.294 e. The Kier molecular flexibility index (Phi) is 6.68. The molecule has 2 aliphatic rings. The minimum atomic E-state index is -0.0779. The van der Waals surface area contributed by atoms with Gasteiger partial charge in [-0.15, -0.1) is 0 Å². The average molecular weight is 452 g/mol. The van der Waals surface area contributed by atoms with E-state index in [1.807, 2.05) is 29.9 Å². The number of aromatic nitrogens is 5. The Balaban J connectivity index is 1.45. The summed E-state index contributed by atoms with van der Waals surface area (Å²) < 4.78 is 9.04. The molecule has 9 nitrogen and oxygen atoms in total. The number of hydrogen-bond donors (Lipinski definition) is 1. The van der Waals surface area contributed by atoms with Crippen molar-refractivity contribution in [3.8, 4) is 11.3 Å². The highest BCUT2D eigenvalue weighted by Crippen LogP contribution is 2.26. The van der Waals surface area contributed by atoms with E-state index in [-0.39, 0.29) is 5.56 Å². The number of morpholine rings is 1. The Morgan fingerprint density at radius 3 is 2.70 bits per heavy atom. The summed E-state index contributed by atoms with van der Waals surface area (Å²) in [5.41, 5.74) is 3.06. The molecule has 4 heterocycles. The fourth-order valence-corrected chi connectivity index (χ4v) is 4.90. The summed E-state index contributed by atoms with van der Waals surface area (Å²) >= 11 is 0. The fraction of sp³-hybridized carbons (Fsp3) is 0.583. The number of nitrogens with one attached hydrogen (secondary N) is 1. The van der Waals surface area contributed by atoms with Gasteiger partial charge in [-0.3, -0.25) is 18.9 Å². The lowest BCUT2D eigenvalue weighted by Gasteiger charge is -2.26. The molecule has 1 aliphatic carbocycles. The van der Waals surface area contributed by atoms with Crippen LogP contribution in [-0.2, 0) is 18.3 Å². The molecule has 1 saturated carbocycles. The fourth-order valence-electron chi connectivity index (χ4n) is 4.90. The van der Waals surface area contributed by atoms with Crippen LogP contribution >= 0.6 is 0 Å². The zero-order valence-electron chi connectivity index (χ0n) is 19.4. The molecule has 1 N–H and O–H groups in total. The molecule has 0 atom stereocenters. The second-order valence-corrected chi connectivity index (χ2v) is 9.20. The molecule has 3 aromatic heterocycles. The minimum Gasteiger partial charge on any atom is -0.379 e. The molecular weight excluding hydrogens is 418 g/mol. The van der Waals surface area contributed by atoms with Crippen molar-refractivity contribution in [2.24, 2.45) is 13.0 Å². The van der Waals surface area contributed by atoms with Gasteiger partial charge in [-0.1, -0.05) is 19.3 Å². The topological polar surface area (TPSA) is 90.1 Å². The van der Waals surface area contributed by atoms with Crippen molar-refractivity contribution in [3.05, 3.63) is 34.9 Å². The van der Waals surface area contributed by atoms with Crippen LogP contribution in [0.25, 0.3) is 22.4 Å². The third kappa shape index (κ3) is 5.09. The Morgan fingerprint density at radius 1 is 1.12 bits per heavy atom.